The summed E-state index contributed by atoms with van der Waals surface area (Å²) in [5.41, 5.74) is 2.09. The van der Waals surface area contributed by atoms with Gasteiger partial charge >= 0.3 is 0 Å². The lowest BCUT2D eigenvalue weighted by Gasteiger charge is -2.26. The van der Waals surface area contributed by atoms with Gasteiger partial charge in [-0.1, -0.05) is 13.0 Å². The summed E-state index contributed by atoms with van der Waals surface area (Å²) in [4.78, 5) is 27.8. The average molecular weight is 496 g/mol. The van der Waals surface area contributed by atoms with Gasteiger partial charge in [0.25, 0.3) is 11.7 Å². The Morgan fingerprint density at radius 1 is 1.08 bits per heavy atom. The van der Waals surface area contributed by atoms with Gasteiger partial charge in [-0.05, 0) is 61.7 Å². The van der Waals surface area contributed by atoms with Crippen LogP contribution in [0.3, 0.4) is 0 Å². The van der Waals surface area contributed by atoms with Crippen molar-refractivity contribution in [1.82, 2.24) is 4.90 Å². The van der Waals surface area contributed by atoms with E-state index < -0.39 is 17.7 Å². The number of hydrogen-bond donors (Lipinski definition) is 1. The largest absolute Gasteiger partial charge is 0.507 e. The van der Waals surface area contributed by atoms with Crippen LogP contribution in [0.2, 0.25) is 0 Å². The molecule has 1 amide bonds. The monoisotopic (exact) mass is 495 g/mol. The van der Waals surface area contributed by atoms with Gasteiger partial charge in [-0.25, -0.2) is 0 Å². The maximum absolute atomic E-state index is 13.3. The summed E-state index contributed by atoms with van der Waals surface area (Å²) in [7, 11) is 1.53. The minimum absolute atomic E-state index is 0.0349. The van der Waals surface area contributed by atoms with Gasteiger partial charge in [-0.2, -0.15) is 0 Å². The first-order valence-corrected chi connectivity index (χ1v) is 12.4. The molecule has 0 aromatic heterocycles. The molecule has 8 nitrogen and oxygen atoms in total. The lowest BCUT2D eigenvalue weighted by Crippen LogP contribution is -2.32. The molecule has 1 N–H and O–H groups in total. The summed E-state index contributed by atoms with van der Waals surface area (Å²) in [5, 5.41) is 11.4. The van der Waals surface area contributed by atoms with E-state index >= 15 is 0 Å². The smallest absolute Gasteiger partial charge is 0.295 e. The van der Waals surface area contributed by atoms with Crippen molar-refractivity contribution in [3.05, 3.63) is 58.7 Å². The minimum atomic E-state index is -0.803. The van der Waals surface area contributed by atoms with Crippen LogP contribution in [0, 0.1) is 0 Å². The van der Waals surface area contributed by atoms with Crippen molar-refractivity contribution >= 4 is 17.4 Å². The second-order valence-corrected chi connectivity index (χ2v) is 8.93. The van der Waals surface area contributed by atoms with Crippen LogP contribution in [0.1, 0.15) is 49.9 Å². The van der Waals surface area contributed by atoms with Gasteiger partial charge in [-0.15, -0.1) is 0 Å². The molecule has 8 heteroatoms. The van der Waals surface area contributed by atoms with Gasteiger partial charge in [0, 0.05) is 25.6 Å². The molecule has 1 fully saturated rings. The topological polar surface area (TPSA) is 94.5 Å². The maximum Gasteiger partial charge on any atom is 0.295 e. The Hall–Kier alpha value is -3.52. The van der Waals surface area contributed by atoms with Crippen LogP contribution in [-0.2, 0) is 20.7 Å². The Balaban J connectivity index is 1.82. The number of methoxy groups -OCH3 is 1. The molecule has 0 unspecified atom stereocenters. The number of likely N-dealkylation sites (tertiary alicyclic amines) is 1. The average Bonchev–Trinajstić information content (AvgIpc) is 3.37. The number of amides is 1. The molecule has 0 bridgehead atoms. The van der Waals surface area contributed by atoms with Crippen molar-refractivity contribution in [2.75, 3.05) is 33.5 Å². The lowest BCUT2D eigenvalue weighted by atomic mass is 9.94. The van der Waals surface area contributed by atoms with E-state index in [9.17, 15) is 14.7 Å². The van der Waals surface area contributed by atoms with Crippen molar-refractivity contribution in [1.29, 1.82) is 0 Å². The van der Waals surface area contributed by atoms with Crippen molar-refractivity contribution < 1.29 is 33.6 Å². The number of carbonyl (C=O) groups is 2. The first-order valence-electron chi connectivity index (χ1n) is 12.4. The lowest BCUT2D eigenvalue weighted by molar-refractivity contribution is -0.140. The van der Waals surface area contributed by atoms with Gasteiger partial charge in [-0.3, -0.25) is 9.59 Å². The molecule has 2 heterocycles. The number of nitrogens with zero attached hydrogens (tertiary/aromatic N) is 1. The molecule has 2 aliphatic rings. The Morgan fingerprint density at radius 2 is 1.89 bits per heavy atom. The summed E-state index contributed by atoms with van der Waals surface area (Å²) < 4.78 is 22.6. The molecule has 36 heavy (non-hydrogen) atoms. The Bertz CT molecular complexity index is 1170. The van der Waals surface area contributed by atoms with E-state index in [1.807, 2.05) is 26.8 Å². The predicted molar refractivity (Wildman–Crippen MR) is 135 cm³/mol. The molecule has 0 aliphatic carbocycles. The summed E-state index contributed by atoms with van der Waals surface area (Å²) in [5.74, 6) is 0.238. The van der Waals surface area contributed by atoms with E-state index in [1.165, 1.54) is 12.0 Å². The van der Waals surface area contributed by atoms with Crippen LogP contribution in [0.5, 0.6) is 17.2 Å². The molecule has 4 rings (SSSR count). The van der Waals surface area contributed by atoms with Crippen LogP contribution < -0.4 is 14.2 Å². The molecular weight excluding hydrogens is 462 g/mol. The molecule has 1 saturated heterocycles. The molecule has 0 radical (unpaired) electrons. The zero-order chi connectivity index (χ0) is 25.8. The van der Waals surface area contributed by atoms with Crippen LogP contribution in [0.15, 0.2) is 42.0 Å². The van der Waals surface area contributed by atoms with Gasteiger partial charge in [0.05, 0.1) is 31.4 Å². The molecular formula is C28H33NO7. The fraction of sp³-hybridized carbons (Fsp3) is 0.429. The minimum Gasteiger partial charge on any atom is -0.507 e. The first-order chi connectivity index (χ1) is 17.4. The van der Waals surface area contributed by atoms with Gasteiger partial charge in [0.1, 0.15) is 17.6 Å². The quantitative estimate of drug-likeness (QED) is 0.299. The summed E-state index contributed by atoms with van der Waals surface area (Å²) in [6, 6.07) is 9.87. The van der Waals surface area contributed by atoms with E-state index in [0.717, 1.165) is 17.7 Å². The van der Waals surface area contributed by atoms with Gasteiger partial charge in [0.15, 0.2) is 11.5 Å². The molecule has 2 atom stereocenters. The Labute approximate surface area is 211 Å². The summed E-state index contributed by atoms with van der Waals surface area (Å²) >= 11 is 0. The molecule has 2 aromatic carbocycles. The number of fused-ring (bicyclic) bond motifs is 1. The number of aliphatic hydroxyl groups excluding tert-OH is 1. The number of ether oxygens (including phenoxy) is 4. The molecule has 192 valence electrons. The van der Waals surface area contributed by atoms with Crippen molar-refractivity contribution in [3.63, 3.8) is 0 Å². The molecule has 2 aliphatic heterocycles. The highest BCUT2D eigenvalue weighted by Gasteiger charge is 2.46. The highest BCUT2D eigenvalue weighted by molar-refractivity contribution is 6.46. The molecule has 2 aromatic rings. The number of hydrogen-bond acceptors (Lipinski definition) is 7. The summed E-state index contributed by atoms with van der Waals surface area (Å²) in [6.45, 7) is 7.26. The van der Waals surface area contributed by atoms with Crippen molar-refractivity contribution in [3.8, 4) is 17.2 Å². The third-order valence-electron chi connectivity index (χ3n) is 6.29. The Morgan fingerprint density at radius 3 is 2.61 bits per heavy atom. The second-order valence-electron chi connectivity index (χ2n) is 8.93. The SMILES string of the molecule is CCCOc1ccc([C@H]2/C(=C(\O)c3ccc4c(c3)C[C@@H](C)O4)C(=O)C(=O)N2CCOC)cc1OCC. The van der Waals surface area contributed by atoms with E-state index in [2.05, 4.69) is 0 Å². The van der Waals surface area contributed by atoms with E-state index in [0.29, 0.717) is 42.3 Å². The zero-order valence-electron chi connectivity index (χ0n) is 21.2. The van der Waals surface area contributed by atoms with Crippen LogP contribution in [0.4, 0.5) is 0 Å². The van der Waals surface area contributed by atoms with Gasteiger partial charge < -0.3 is 29.0 Å². The first kappa shape index (κ1) is 25.6. The fourth-order valence-electron chi connectivity index (χ4n) is 4.67. The number of benzene rings is 2. The van der Waals surface area contributed by atoms with E-state index in [1.54, 1.807) is 30.3 Å². The number of aliphatic hydroxyl groups is 1. The second kappa shape index (κ2) is 11.0. The third kappa shape index (κ3) is 4.91. The number of rotatable bonds is 10. The predicted octanol–water partition coefficient (Wildman–Crippen LogP) is 4.27. The highest BCUT2D eigenvalue weighted by Crippen LogP contribution is 2.42. The number of carbonyl (C=O) groups excluding carboxylic acids is 2. The van der Waals surface area contributed by atoms with Crippen LogP contribution in [0.25, 0.3) is 5.76 Å². The van der Waals surface area contributed by atoms with Crippen LogP contribution >= 0.6 is 0 Å². The zero-order valence-corrected chi connectivity index (χ0v) is 21.2. The third-order valence-corrected chi connectivity index (χ3v) is 6.29. The van der Waals surface area contributed by atoms with E-state index in [-0.39, 0.29) is 30.6 Å². The van der Waals surface area contributed by atoms with Crippen LogP contribution in [-0.4, -0.2) is 61.3 Å². The van der Waals surface area contributed by atoms with Gasteiger partial charge in [0.2, 0.25) is 0 Å². The fourth-order valence-corrected chi connectivity index (χ4v) is 4.67. The Kier molecular flexibility index (Phi) is 7.84. The molecule has 0 spiro atoms. The van der Waals surface area contributed by atoms with Crippen molar-refractivity contribution in [2.24, 2.45) is 0 Å². The standard InChI is InChI=1S/C28H33NO7/c1-5-12-35-22-10-7-18(16-23(22)34-6-2)25-24(27(31)28(32)29(25)11-13-33-4)26(30)19-8-9-21-20(15-19)14-17(3)36-21/h7-10,15-17,25,30H,5-6,11-14H2,1-4H3/b26-24+/t17-,25+/m1/s1. The number of ketones is 1. The number of Topliss-reactive ketones (excluding diaryl/α,β-unsaturated/α-hetero) is 1. The summed E-state index contributed by atoms with van der Waals surface area (Å²) in [6.07, 6.45) is 1.59. The highest BCUT2D eigenvalue weighted by atomic mass is 16.5. The van der Waals surface area contributed by atoms with E-state index in [4.69, 9.17) is 18.9 Å². The maximum atomic E-state index is 13.3. The normalized spacial score (nSPS) is 20.4. The molecule has 0 saturated carbocycles. The van der Waals surface area contributed by atoms with Crippen molar-refractivity contribution in [2.45, 2.75) is 45.8 Å².